The van der Waals surface area contributed by atoms with Crippen molar-refractivity contribution in [3.05, 3.63) is 30.3 Å². The van der Waals surface area contributed by atoms with Crippen LogP contribution in [0.4, 0.5) is 5.69 Å². The van der Waals surface area contributed by atoms with Gasteiger partial charge in [0.2, 0.25) is 0 Å². The lowest BCUT2D eigenvalue weighted by Gasteiger charge is -2.09. The SMILES string of the molecule is CCOC(=O)CCC(CCO)N=Nc1ccccc1. The first-order valence-corrected chi connectivity index (χ1v) is 6.48. The summed E-state index contributed by atoms with van der Waals surface area (Å²) in [4.78, 5) is 11.3. The van der Waals surface area contributed by atoms with Crippen LogP contribution in [-0.2, 0) is 9.53 Å². The minimum atomic E-state index is -0.236. The van der Waals surface area contributed by atoms with E-state index in [0.717, 1.165) is 5.69 Å². The summed E-state index contributed by atoms with van der Waals surface area (Å²) in [5.41, 5.74) is 0.765. The van der Waals surface area contributed by atoms with Gasteiger partial charge in [0.05, 0.1) is 18.3 Å². The standard InChI is InChI=1S/C14H20N2O3/c1-2-19-14(18)9-8-13(10-11-17)16-15-12-6-4-3-5-7-12/h3-7,13,17H,2,8-11H2,1H3. The Bertz CT molecular complexity index is 393. The molecular formula is C14H20N2O3. The zero-order valence-corrected chi connectivity index (χ0v) is 11.2. The van der Waals surface area contributed by atoms with E-state index in [0.29, 0.717) is 25.9 Å². The maximum Gasteiger partial charge on any atom is 0.305 e. The molecule has 1 rings (SSSR count). The molecule has 19 heavy (non-hydrogen) atoms. The van der Waals surface area contributed by atoms with Gasteiger partial charge in [0.15, 0.2) is 0 Å². The summed E-state index contributed by atoms with van der Waals surface area (Å²) in [6.07, 6.45) is 1.33. The van der Waals surface area contributed by atoms with Crippen LogP contribution in [0, 0.1) is 0 Å². The molecular weight excluding hydrogens is 244 g/mol. The number of benzene rings is 1. The number of azo groups is 1. The zero-order chi connectivity index (χ0) is 13.9. The van der Waals surface area contributed by atoms with E-state index in [4.69, 9.17) is 9.84 Å². The van der Waals surface area contributed by atoms with Crippen molar-refractivity contribution in [1.29, 1.82) is 0 Å². The first-order chi connectivity index (χ1) is 9.26. The molecule has 0 spiro atoms. The summed E-state index contributed by atoms with van der Waals surface area (Å²) in [7, 11) is 0. The minimum Gasteiger partial charge on any atom is -0.466 e. The van der Waals surface area contributed by atoms with E-state index in [9.17, 15) is 4.79 Å². The van der Waals surface area contributed by atoms with Gasteiger partial charge in [-0.3, -0.25) is 4.79 Å². The predicted molar refractivity (Wildman–Crippen MR) is 72.3 cm³/mol. The third-order valence-corrected chi connectivity index (χ3v) is 2.54. The van der Waals surface area contributed by atoms with Gasteiger partial charge in [-0.25, -0.2) is 0 Å². The Kier molecular flexibility index (Phi) is 7.43. The van der Waals surface area contributed by atoms with Crippen LogP contribution in [0.1, 0.15) is 26.2 Å². The van der Waals surface area contributed by atoms with Crippen molar-refractivity contribution >= 4 is 11.7 Å². The summed E-state index contributed by atoms with van der Waals surface area (Å²) >= 11 is 0. The number of nitrogens with zero attached hydrogens (tertiary/aromatic N) is 2. The molecule has 0 heterocycles. The Balaban J connectivity index is 2.48. The van der Waals surface area contributed by atoms with Crippen LogP contribution >= 0.6 is 0 Å². The third kappa shape index (κ3) is 6.67. The molecule has 1 unspecified atom stereocenters. The molecule has 0 saturated heterocycles. The number of carbonyl (C=O) groups is 1. The van der Waals surface area contributed by atoms with Crippen LogP contribution in [0.15, 0.2) is 40.6 Å². The van der Waals surface area contributed by atoms with E-state index >= 15 is 0 Å². The maximum absolute atomic E-state index is 11.3. The van der Waals surface area contributed by atoms with Crippen LogP contribution in [0.3, 0.4) is 0 Å². The van der Waals surface area contributed by atoms with E-state index in [1.54, 1.807) is 6.92 Å². The molecule has 1 atom stereocenters. The van der Waals surface area contributed by atoms with E-state index < -0.39 is 0 Å². The molecule has 0 aliphatic heterocycles. The Morgan fingerprint density at radius 3 is 2.68 bits per heavy atom. The summed E-state index contributed by atoms with van der Waals surface area (Å²) in [5.74, 6) is -0.236. The van der Waals surface area contributed by atoms with Gasteiger partial charge in [-0.2, -0.15) is 10.2 Å². The van der Waals surface area contributed by atoms with E-state index in [1.807, 2.05) is 30.3 Å². The normalized spacial score (nSPS) is 12.5. The zero-order valence-electron chi connectivity index (χ0n) is 11.2. The highest BCUT2D eigenvalue weighted by Gasteiger charge is 2.10. The fraction of sp³-hybridized carbons (Fsp3) is 0.500. The molecule has 1 aromatic carbocycles. The van der Waals surface area contributed by atoms with E-state index in [-0.39, 0.29) is 18.6 Å². The second-order valence-electron chi connectivity index (χ2n) is 4.06. The Labute approximate surface area is 113 Å². The van der Waals surface area contributed by atoms with Crippen molar-refractivity contribution in [3.63, 3.8) is 0 Å². The largest absolute Gasteiger partial charge is 0.466 e. The molecule has 0 amide bonds. The number of carbonyl (C=O) groups excluding carboxylic acids is 1. The van der Waals surface area contributed by atoms with Crippen molar-refractivity contribution in [2.75, 3.05) is 13.2 Å². The highest BCUT2D eigenvalue weighted by molar-refractivity contribution is 5.69. The number of ether oxygens (including phenoxy) is 1. The molecule has 0 aliphatic carbocycles. The van der Waals surface area contributed by atoms with Crippen molar-refractivity contribution in [3.8, 4) is 0 Å². The van der Waals surface area contributed by atoms with Gasteiger partial charge in [-0.1, -0.05) is 18.2 Å². The van der Waals surface area contributed by atoms with E-state index in [1.165, 1.54) is 0 Å². The second kappa shape index (κ2) is 9.22. The number of esters is 1. The summed E-state index contributed by atoms with van der Waals surface area (Å²) in [6.45, 7) is 2.19. The van der Waals surface area contributed by atoms with Crippen molar-refractivity contribution in [1.82, 2.24) is 0 Å². The average Bonchev–Trinajstić information content (AvgIpc) is 2.43. The van der Waals surface area contributed by atoms with Gasteiger partial charge < -0.3 is 9.84 Å². The number of aliphatic hydroxyl groups excluding tert-OH is 1. The lowest BCUT2D eigenvalue weighted by atomic mass is 10.1. The molecule has 0 aliphatic rings. The fourth-order valence-electron chi connectivity index (χ4n) is 1.57. The third-order valence-electron chi connectivity index (χ3n) is 2.54. The minimum absolute atomic E-state index is 0.0291. The topological polar surface area (TPSA) is 71.2 Å². The van der Waals surface area contributed by atoms with Gasteiger partial charge in [0, 0.05) is 13.0 Å². The average molecular weight is 264 g/mol. The molecule has 1 aromatic rings. The van der Waals surface area contributed by atoms with Crippen molar-refractivity contribution < 1.29 is 14.6 Å². The smallest absolute Gasteiger partial charge is 0.305 e. The lowest BCUT2D eigenvalue weighted by molar-refractivity contribution is -0.143. The van der Waals surface area contributed by atoms with Crippen LogP contribution < -0.4 is 0 Å². The quantitative estimate of drug-likeness (QED) is 0.579. The van der Waals surface area contributed by atoms with Gasteiger partial charge in [0.25, 0.3) is 0 Å². The Morgan fingerprint density at radius 1 is 1.32 bits per heavy atom. The van der Waals surface area contributed by atoms with Crippen LogP contribution in [0.25, 0.3) is 0 Å². The summed E-state index contributed by atoms with van der Waals surface area (Å²) in [5, 5.41) is 17.3. The van der Waals surface area contributed by atoms with Gasteiger partial charge in [-0.15, -0.1) is 0 Å². The molecule has 0 bridgehead atoms. The van der Waals surface area contributed by atoms with Crippen LogP contribution in [0.5, 0.6) is 0 Å². The van der Waals surface area contributed by atoms with Crippen LogP contribution in [-0.4, -0.2) is 30.3 Å². The molecule has 1 N–H and O–H groups in total. The second-order valence-corrected chi connectivity index (χ2v) is 4.06. The highest BCUT2D eigenvalue weighted by atomic mass is 16.5. The van der Waals surface area contributed by atoms with Crippen molar-refractivity contribution in [2.24, 2.45) is 10.2 Å². The molecule has 0 aromatic heterocycles. The highest BCUT2D eigenvalue weighted by Crippen LogP contribution is 2.14. The molecule has 104 valence electrons. The fourth-order valence-corrected chi connectivity index (χ4v) is 1.57. The van der Waals surface area contributed by atoms with Crippen molar-refractivity contribution in [2.45, 2.75) is 32.2 Å². The van der Waals surface area contributed by atoms with E-state index in [2.05, 4.69) is 10.2 Å². The number of aliphatic hydroxyl groups is 1. The first kappa shape index (κ1) is 15.3. The van der Waals surface area contributed by atoms with Gasteiger partial charge in [-0.05, 0) is 31.9 Å². The molecule has 0 radical (unpaired) electrons. The first-order valence-electron chi connectivity index (χ1n) is 6.48. The summed E-state index contributed by atoms with van der Waals surface area (Å²) in [6, 6.07) is 9.22. The summed E-state index contributed by atoms with van der Waals surface area (Å²) < 4.78 is 4.86. The molecule has 0 fully saturated rings. The number of hydrogen-bond donors (Lipinski definition) is 1. The monoisotopic (exact) mass is 264 g/mol. The maximum atomic E-state index is 11.3. The van der Waals surface area contributed by atoms with Gasteiger partial charge in [0.1, 0.15) is 0 Å². The Morgan fingerprint density at radius 2 is 2.05 bits per heavy atom. The number of rotatable bonds is 8. The molecule has 5 heteroatoms. The van der Waals surface area contributed by atoms with Gasteiger partial charge >= 0.3 is 5.97 Å². The lowest BCUT2D eigenvalue weighted by Crippen LogP contribution is -2.11. The molecule has 0 saturated carbocycles. The van der Waals surface area contributed by atoms with Crippen LogP contribution in [0.2, 0.25) is 0 Å². The predicted octanol–water partition coefficient (Wildman–Crippen LogP) is 2.86. The number of hydrogen-bond acceptors (Lipinski definition) is 5. The molecule has 5 nitrogen and oxygen atoms in total. The Hall–Kier alpha value is -1.75.